The third-order valence-corrected chi connectivity index (χ3v) is 7.32. The van der Waals surface area contributed by atoms with Gasteiger partial charge < -0.3 is 9.64 Å². The number of carbonyl (C=O) groups is 1. The monoisotopic (exact) mass is 463 g/mol. The summed E-state index contributed by atoms with van der Waals surface area (Å²) in [5.74, 6) is -0.595. The number of ether oxygens (including phenoxy) is 1. The quantitative estimate of drug-likeness (QED) is 0.552. The zero-order valence-electron chi connectivity index (χ0n) is 17.5. The molecule has 10 heteroatoms. The Balaban J connectivity index is 2.05. The highest BCUT2D eigenvalue weighted by Crippen LogP contribution is 2.37. The van der Waals surface area contributed by atoms with Crippen LogP contribution < -0.4 is 0 Å². The summed E-state index contributed by atoms with van der Waals surface area (Å²) in [5, 5.41) is 0.328. The number of halogens is 1. The van der Waals surface area contributed by atoms with Crippen molar-refractivity contribution >= 4 is 27.3 Å². The van der Waals surface area contributed by atoms with E-state index in [2.05, 4.69) is 9.97 Å². The second-order valence-electron chi connectivity index (χ2n) is 7.75. The molecule has 0 unspecified atom stereocenters. The number of carbonyl (C=O) groups excluding carboxylic acids is 1. The molecule has 0 aliphatic rings. The van der Waals surface area contributed by atoms with Crippen LogP contribution in [0.4, 0.5) is 9.18 Å². The molecule has 0 bridgehead atoms. The van der Waals surface area contributed by atoms with Crippen LogP contribution >= 0.6 is 11.3 Å². The molecule has 0 radical (unpaired) electrons. The molecule has 1 aromatic carbocycles. The number of hydrogen-bond acceptors (Lipinski definition) is 7. The third kappa shape index (κ3) is 5.26. The smallest absolute Gasteiger partial charge is 0.410 e. The highest BCUT2D eigenvalue weighted by molar-refractivity contribution is 7.93. The Morgan fingerprint density at radius 2 is 1.90 bits per heavy atom. The summed E-state index contributed by atoms with van der Waals surface area (Å²) in [4.78, 5) is 21.8. The van der Waals surface area contributed by atoms with Crippen molar-refractivity contribution in [2.75, 3.05) is 7.05 Å². The van der Waals surface area contributed by atoms with Crippen molar-refractivity contribution in [3.05, 3.63) is 59.6 Å². The molecule has 7 nitrogen and oxygen atoms in total. The fourth-order valence-electron chi connectivity index (χ4n) is 2.64. The highest BCUT2D eigenvalue weighted by atomic mass is 32.2. The number of pyridine rings is 1. The minimum absolute atomic E-state index is 0.000424. The zero-order valence-corrected chi connectivity index (χ0v) is 19.1. The molecule has 0 spiro atoms. The van der Waals surface area contributed by atoms with Crippen molar-refractivity contribution in [1.29, 1.82) is 0 Å². The third-order valence-electron chi connectivity index (χ3n) is 4.04. The summed E-state index contributed by atoms with van der Waals surface area (Å²) in [5.41, 5.74) is -0.617. The topological polar surface area (TPSA) is 89.5 Å². The molecular formula is C21H22FN3O4S2. The second-order valence-corrected chi connectivity index (χ2v) is 11.0. The lowest BCUT2D eigenvalue weighted by molar-refractivity contribution is 0.0285. The molecule has 0 aliphatic carbocycles. The zero-order chi connectivity index (χ0) is 22.8. The van der Waals surface area contributed by atoms with Crippen molar-refractivity contribution in [2.24, 2.45) is 0 Å². The predicted octanol–water partition coefficient (Wildman–Crippen LogP) is 4.54. The van der Waals surface area contributed by atoms with Crippen LogP contribution in [0.2, 0.25) is 0 Å². The lowest BCUT2D eigenvalue weighted by Gasteiger charge is -2.24. The first-order valence-electron chi connectivity index (χ1n) is 9.33. The Hall–Kier alpha value is -2.85. The van der Waals surface area contributed by atoms with Crippen molar-refractivity contribution in [3.8, 4) is 11.3 Å². The van der Waals surface area contributed by atoms with Gasteiger partial charge in [-0.25, -0.2) is 22.6 Å². The average Bonchev–Trinajstić information content (AvgIpc) is 3.12. The minimum Gasteiger partial charge on any atom is -0.444 e. The standard InChI is InChI=1S/C21H22FN3O4S2/c1-21(2,3)29-20(26)25(4)13-17-24-18(15-9-5-6-10-16(15)22)19(30-17)31(27,28)14-8-7-11-23-12-14/h5-12H,13H2,1-4H3. The Morgan fingerprint density at radius 3 is 2.52 bits per heavy atom. The Morgan fingerprint density at radius 1 is 1.19 bits per heavy atom. The van der Waals surface area contributed by atoms with E-state index in [4.69, 9.17) is 4.74 Å². The summed E-state index contributed by atoms with van der Waals surface area (Å²) in [7, 11) is -2.49. The van der Waals surface area contributed by atoms with Crippen LogP contribution in [0.3, 0.4) is 0 Å². The molecule has 2 heterocycles. The fourth-order valence-corrected chi connectivity index (χ4v) is 5.60. The first-order chi connectivity index (χ1) is 14.5. The van der Waals surface area contributed by atoms with Crippen LogP contribution in [-0.4, -0.2) is 42.0 Å². The van der Waals surface area contributed by atoms with Crippen LogP contribution in [0.15, 0.2) is 57.9 Å². The van der Waals surface area contributed by atoms with Gasteiger partial charge in [0.05, 0.1) is 11.4 Å². The summed E-state index contributed by atoms with van der Waals surface area (Å²) < 4.78 is 46.2. The van der Waals surface area contributed by atoms with Crippen molar-refractivity contribution in [2.45, 2.75) is 42.0 Å². The van der Waals surface area contributed by atoms with Crippen LogP contribution in [0.25, 0.3) is 11.3 Å². The van der Waals surface area contributed by atoms with Gasteiger partial charge in [-0.15, -0.1) is 11.3 Å². The molecule has 0 aliphatic heterocycles. The Kier molecular flexibility index (Phi) is 6.42. The Labute approximate surface area is 184 Å². The van der Waals surface area contributed by atoms with Gasteiger partial charge in [0.2, 0.25) is 9.84 Å². The molecular weight excluding hydrogens is 441 g/mol. The van der Waals surface area contributed by atoms with Crippen LogP contribution in [0.1, 0.15) is 25.8 Å². The largest absolute Gasteiger partial charge is 0.444 e. The maximum atomic E-state index is 14.5. The SMILES string of the molecule is CN(Cc1nc(-c2ccccc2F)c(S(=O)(=O)c2cccnc2)s1)C(=O)OC(C)(C)C. The molecule has 3 aromatic rings. The van der Waals surface area contributed by atoms with E-state index in [1.807, 2.05) is 0 Å². The van der Waals surface area contributed by atoms with E-state index >= 15 is 0 Å². The summed E-state index contributed by atoms with van der Waals surface area (Å²) in [6, 6.07) is 8.74. The van der Waals surface area contributed by atoms with Crippen LogP contribution in [0.5, 0.6) is 0 Å². The van der Waals surface area contributed by atoms with Gasteiger partial charge >= 0.3 is 6.09 Å². The highest BCUT2D eigenvalue weighted by Gasteiger charge is 2.29. The van der Waals surface area contributed by atoms with E-state index in [-0.39, 0.29) is 26.9 Å². The normalized spacial score (nSPS) is 11.9. The molecule has 0 saturated carbocycles. The maximum absolute atomic E-state index is 14.5. The number of amides is 1. The van der Waals surface area contributed by atoms with Crippen molar-refractivity contribution in [3.63, 3.8) is 0 Å². The average molecular weight is 464 g/mol. The number of rotatable bonds is 5. The Bertz CT molecular complexity index is 1190. The maximum Gasteiger partial charge on any atom is 0.410 e. The first kappa shape index (κ1) is 22.8. The fraction of sp³-hybridized carbons (Fsp3) is 0.286. The summed E-state index contributed by atoms with van der Waals surface area (Å²) in [6.45, 7) is 5.24. The predicted molar refractivity (Wildman–Crippen MR) is 115 cm³/mol. The molecule has 0 atom stereocenters. The van der Waals surface area contributed by atoms with Gasteiger partial charge in [0.25, 0.3) is 0 Å². The van der Waals surface area contributed by atoms with Gasteiger partial charge in [-0.05, 0) is 45.0 Å². The number of nitrogens with zero attached hydrogens (tertiary/aromatic N) is 3. The van der Waals surface area contributed by atoms with E-state index in [9.17, 15) is 17.6 Å². The molecule has 31 heavy (non-hydrogen) atoms. The molecule has 1 amide bonds. The van der Waals surface area contributed by atoms with E-state index in [1.165, 1.54) is 54.7 Å². The molecule has 0 saturated heterocycles. The van der Waals surface area contributed by atoms with E-state index < -0.39 is 27.3 Å². The van der Waals surface area contributed by atoms with Gasteiger partial charge in [0.1, 0.15) is 22.1 Å². The first-order valence-corrected chi connectivity index (χ1v) is 11.6. The molecule has 0 fully saturated rings. The van der Waals surface area contributed by atoms with Gasteiger partial charge in [0, 0.05) is 25.0 Å². The molecule has 0 N–H and O–H groups in total. The van der Waals surface area contributed by atoms with Crippen molar-refractivity contribution < 1.29 is 22.3 Å². The number of thiazole rings is 1. The second kappa shape index (κ2) is 8.72. The van der Waals surface area contributed by atoms with E-state index in [0.29, 0.717) is 5.01 Å². The number of benzene rings is 1. The van der Waals surface area contributed by atoms with E-state index in [0.717, 1.165) is 11.3 Å². The number of aromatic nitrogens is 2. The van der Waals surface area contributed by atoms with Gasteiger partial charge in [-0.2, -0.15) is 0 Å². The van der Waals surface area contributed by atoms with Crippen LogP contribution in [-0.2, 0) is 21.1 Å². The molecule has 3 rings (SSSR count). The van der Waals surface area contributed by atoms with Gasteiger partial charge in [-0.1, -0.05) is 12.1 Å². The number of hydrogen-bond donors (Lipinski definition) is 0. The van der Waals surface area contributed by atoms with E-state index in [1.54, 1.807) is 26.8 Å². The van der Waals surface area contributed by atoms with Crippen molar-refractivity contribution in [1.82, 2.24) is 14.9 Å². The van der Waals surface area contributed by atoms with Crippen LogP contribution in [0, 0.1) is 5.82 Å². The molecule has 164 valence electrons. The minimum atomic E-state index is -4.01. The van der Waals surface area contributed by atoms with Gasteiger partial charge in [0.15, 0.2) is 4.21 Å². The summed E-state index contributed by atoms with van der Waals surface area (Å²) in [6.07, 6.45) is 2.11. The lowest BCUT2D eigenvalue weighted by atomic mass is 10.1. The lowest BCUT2D eigenvalue weighted by Crippen LogP contribution is -2.33. The van der Waals surface area contributed by atoms with Gasteiger partial charge in [-0.3, -0.25) is 4.98 Å². The number of sulfone groups is 1. The molecule has 2 aromatic heterocycles. The summed E-state index contributed by atoms with van der Waals surface area (Å²) >= 11 is 0.886.